The van der Waals surface area contributed by atoms with Gasteiger partial charge in [0.25, 0.3) is 10.0 Å². The molecule has 0 amide bonds. The minimum atomic E-state index is -3.81. The van der Waals surface area contributed by atoms with Crippen molar-refractivity contribution in [2.45, 2.75) is 4.90 Å². The van der Waals surface area contributed by atoms with E-state index < -0.39 is 10.0 Å². The predicted octanol–water partition coefficient (Wildman–Crippen LogP) is 5.17. The fourth-order valence-electron chi connectivity index (χ4n) is 2.30. The molecule has 0 saturated carbocycles. The second-order valence-corrected chi connectivity index (χ2v) is 7.78. The molecule has 0 saturated heterocycles. The number of phenolic OH excluding ortho intramolecular Hbond substituents is 1. The Morgan fingerprint density at radius 3 is 1.88 bits per heavy atom. The minimum absolute atomic E-state index is 0.0374. The molecule has 0 aromatic heterocycles. The summed E-state index contributed by atoms with van der Waals surface area (Å²) in [6.45, 7) is 0. The smallest absolute Gasteiger partial charge is 0.261 e. The molecule has 0 bridgehead atoms. The van der Waals surface area contributed by atoms with Crippen molar-refractivity contribution in [3.05, 3.63) is 76.8 Å². The molecule has 0 heterocycles. The standard InChI is InChI=1S/C18H13Cl2NO3S/c19-16-10-14(11-17(20)18(16)22)21-25(23,24)15-8-6-13(7-9-15)12-4-2-1-3-5-12/h1-11,21-22H. The lowest BCUT2D eigenvalue weighted by atomic mass is 10.1. The molecule has 0 fully saturated rings. The van der Waals surface area contributed by atoms with Crippen LogP contribution in [0.15, 0.2) is 71.6 Å². The van der Waals surface area contributed by atoms with Crippen LogP contribution in [0, 0.1) is 0 Å². The Balaban J connectivity index is 1.88. The Hall–Kier alpha value is -2.21. The van der Waals surface area contributed by atoms with Crippen LogP contribution in [0.4, 0.5) is 5.69 Å². The Labute approximate surface area is 155 Å². The summed E-state index contributed by atoms with van der Waals surface area (Å²) in [6, 6.07) is 18.7. The fraction of sp³-hybridized carbons (Fsp3) is 0. The summed E-state index contributed by atoms with van der Waals surface area (Å²) in [6.07, 6.45) is 0. The number of nitrogens with one attached hydrogen (secondary N) is 1. The first-order valence-corrected chi connectivity index (χ1v) is 9.47. The molecule has 0 aliphatic heterocycles. The largest absolute Gasteiger partial charge is 0.505 e. The van der Waals surface area contributed by atoms with E-state index in [0.29, 0.717) is 0 Å². The van der Waals surface area contributed by atoms with Gasteiger partial charge in [-0.15, -0.1) is 0 Å². The van der Waals surface area contributed by atoms with Crippen molar-refractivity contribution >= 4 is 38.9 Å². The molecule has 2 N–H and O–H groups in total. The number of halogens is 2. The number of phenols is 1. The summed E-state index contributed by atoms with van der Waals surface area (Å²) in [5, 5.41) is 9.47. The minimum Gasteiger partial charge on any atom is -0.505 e. The van der Waals surface area contributed by atoms with Crippen LogP contribution in [0.3, 0.4) is 0 Å². The average Bonchev–Trinajstić information content (AvgIpc) is 2.60. The quantitative estimate of drug-likeness (QED) is 0.601. The van der Waals surface area contributed by atoms with Crippen molar-refractivity contribution < 1.29 is 13.5 Å². The van der Waals surface area contributed by atoms with Gasteiger partial charge in [-0.1, -0.05) is 65.7 Å². The van der Waals surface area contributed by atoms with Crippen LogP contribution in [-0.4, -0.2) is 13.5 Å². The Kier molecular flexibility index (Phi) is 4.90. The van der Waals surface area contributed by atoms with Gasteiger partial charge in [-0.3, -0.25) is 4.72 Å². The molecule has 7 heteroatoms. The van der Waals surface area contributed by atoms with Crippen LogP contribution in [0.25, 0.3) is 11.1 Å². The molecule has 0 aliphatic carbocycles. The van der Waals surface area contributed by atoms with Gasteiger partial charge in [0, 0.05) is 0 Å². The highest BCUT2D eigenvalue weighted by atomic mass is 35.5. The molecule has 0 atom stereocenters. The van der Waals surface area contributed by atoms with E-state index in [1.165, 1.54) is 24.3 Å². The van der Waals surface area contributed by atoms with Crippen LogP contribution >= 0.6 is 23.2 Å². The zero-order chi connectivity index (χ0) is 18.0. The van der Waals surface area contributed by atoms with Gasteiger partial charge in [0.1, 0.15) is 0 Å². The Bertz CT molecular complexity index is 981. The normalized spacial score (nSPS) is 11.3. The first-order valence-electron chi connectivity index (χ1n) is 7.23. The highest BCUT2D eigenvalue weighted by molar-refractivity contribution is 7.92. The third-order valence-electron chi connectivity index (χ3n) is 3.54. The van der Waals surface area contributed by atoms with Gasteiger partial charge >= 0.3 is 0 Å². The number of sulfonamides is 1. The van der Waals surface area contributed by atoms with Gasteiger partial charge in [0.15, 0.2) is 5.75 Å². The SMILES string of the molecule is O=S(=O)(Nc1cc(Cl)c(O)c(Cl)c1)c1ccc(-c2ccccc2)cc1. The van der Waals surface area contributed by atoms with Crippen molar-refractivity contribution in [1.82, 2.24) is 0 Å². The molecular formula is C18H13Cl2NO3S. The summed E-state index contributed by atoms with van der Waals surface area (Å²) < 4.78 is 27.4. The van der Waals surface area contributed by atoms with Crippen molar-refractivity contribution in [3.63, 3.8) is 0 Å². The maximum Gasteiger partial charge on any atom is 0.261 e. The van der Waals surface area contributed by atoms with Crippen molar-refractivity contribution in [1.29, 1.82) is 0 Å². The summed E-state index contributed by atoms with van der Waals surface area (Å²) in [4.78, 5) is 0.104. The third kappa shape index (κ3) is 3.90. The average molecular weight is 394 g/mol. The van der Waals surface area contributed by atoms with Crippen LogP contribution in [0.5, 0.6) is 5.75 Å². The molecule has 0 spiro atoms. The van der Waals surface area contributed by atoms with E-state index in [4.69, 9.17) is 23.2 Å². The van der Waals surface area contributed by atoms with E-state index >= 15 is 0 Å². The van der Waals surface area contributed by atoms with Gasteiger partial charge in [0.05, 0.1) is 20.6 Å². The monoisotopic (exact) mass is 393 g/mol. The van der Waals surface area contributed by atoms with Gasteiger partial charge in [-0.05, 0) is 35.4 Å². The van der Waals surface area contributed by atoms with E-state index in [-0.39, 0.29) is 26.4 Å². The molecule has 128 valence electrons. The number of hydrogen-bond acceptors (Lipinski definition) is 3. The van der Waals surface area contributed by atoms with Crippen LogP contribution in [0.2, 0.25) is 10.0 Å². The van der Waals surface area contributed by atoms with Crippen LogP contribution < -0.4 is 4.72 Å². The van der Waals surface area contributed by atoms with Crippen molar-refractivity contribution in [2.75, 3.05) is 4.72 Å². The highest BCUT2D eigenvalue weighted by Crippen LogP contribution is 2.35. The summed E-state index contributed by atoms with van der Waals surface area (Å²) in [5.41, 5.74) is 2.08. The highest BCUT2D eigenvalue weighted by Gasteiger charge is 2.16. The Morgan fingerprint density at radius 1 is 0.800 bits per heavy atom. The zero-order valence-electron chi connectivity index (χ0n) is 12.8. The van der Waals surface area contributed by atoms with E-state index in [0.717, 1.165) is 11.1 Å². The molecule has 0 unspecified atom stereocenters. The number of benzene rings is 3. The molecule has 3 aromatic rings. The third-order valence-corrected chi connectivity index (χ3v) is 5.51. The van der Waals surface area contributed by atoms with E-state index in [1.807, 2.05) is 30.3 Å². The van der Waals surface area contributed by atoms with Gasteiger partial charge in [-0.25, -0.2) is 8.42 Å². The topological polar surface area (TPSA) is 66.4 Å². The predicted molar refractivity (Wildman–Crippen MR) is 101 cm³/mol. The fourth-order valence-corrected chi connectivity index (χ4v) is 3.82. The first-order chi connectivity index (χ1) is 11.9. The maximum absolute atomic E-state index is 12.5. The van der Waals surface area contributed by atoms with Crippen LogP contribution in [-0.2, 0) is 10.0 Å². The molecule has 3 aromatic carbocycles. The number of aromatic hydroxyl groups is 1. The van der Waals surface area contributed by atoms with Gasteiger partial charge in [-0.2, -0.15) is 0 Å². The van der Waals surface area contributed by atoms with Gasteiger partial charge < -0.3 is 5.11 Å². The number of hydrogen-bond donors (Lipinski definition) is 2. The maximum atomic E-state index is 12.5. The molecule has 0 aliphatic rings. The van der Waals surface area contributed by atoms with Crippen molar-refractivity contribution in [3.8, 4) is 16.9 Å². The second kappa shape index (κ2) is 6.96. The van der Waals surface area contributed by atoms with E-state index in [1.54, 1.807) is 12.1 Å². The molecule has 3 rings (SSSR count). The van der Waals surface area contributed by atoms with Crippen molar-refractivity contribution in [2.24, 2.45) is 0 Å². The van der Waals surface area contributed by atoms with E-state index in [9.17, 15) is 13.5 Å². The lowest BCUT2D eigenvalue weighted by Crippen LogP contribution is -2.12. The summed E-state index contributed by atoms with van der Waals surface area (Å²) >= 11 is 11.6. The number of anilines is 1. The number of rotatable bonds is 4. The van der Waals surface area contributed by atoms with Gasteiger partial charge in [0.2, 0.25) is 0 Å². The second-order valence-electron chi connectivity index (χ2n) is 5.28. The van der Waals surface area contributed by atoms with E-state index in [2.05, 4.69) is 4.72 Å². The molecule has 0 radical (unpaired) electrons. The molecule has 25 heavy (non-hydrogen) atoms. The van der Waals surface area contributed by atoms with Crippen LogP contribution in [0.1, 0.15) is 0 Å². The molecular weight excluding hydrogens is 381 g/mol. The Morgan fingerprint density at radius 2 is 1.32 bits per heavy atom. The lowest BCUT2D eigenvalue weighted by Gasteiger charge is -2.10. The summed E-state index contributed by atoms with van der Waals surface area (Å²) in [5.74, 6) is -0.293. The zero-order valence-corrected chi connectivity index (χ0v) is 15.1. The first kappa shape index (κ1) is 17.6. The summed E-state index contributed by atoms with van der Waals surface area (Å²) in [7, 11) is -3.81. The molecule has 4 nitrogen and oxygen atoms in total. The lowest BCUT2D eigenvalue weighted by molar-refractivity contribution is 0.476.